The SMILES string of the molecule is COc1ccc(NC(=O)CNc2ccc(C)cc2Br)cc1S(=O)(=O)N1CCOCC1. The Balaban J connectivity index is 1.73. The molecule has 2 N–H and O–H groups in total. The van der Waals surface area contributed by atoms with E-state index < -0.39 is 10.0 Å². The minimum absolute atomic E-state index is 0.0129. The van der Waals surface area contributed by atoms with E-state index in [0.717, 1.165) is 15.7 Å². The first-order valence-electron chi connectivity index (χ1n) is 9.37. The highest BCUT2D eigenvalue weighted by molar-refractivity contribution is 9.10. The highest BCUT2D eigenvalue weighted by atomic mass is 79.9. The summed E-state index contributed by atoms with van der Waals surface area (Å²) in [5.74, 6) is -0.0800. The maximum Gasteiger partial charge on any atom is 0.246 e. The van der Waals surface area contributed by atoms with Gasteiger partial charge in [-0.2, -0.15) is 4.31 Å². The van der Waals surface area contributed by atoms with Crippen molar-refractivity contribution < 1.29 is 22.7 Å². The second-order valence-electron chi connectivity index (χ2n) is 6.77. The van der Waals surface area contributed by atoms with Crippen LogP contribution in [0.4, 0.5) is 11.4 Å². The van der Waals surface area contributed by atoms with Crippen molar-refractivity contribution >= 4 is 43.2 Å². The molecule has 0 spiro atoms. The first-order chi connectivity index (χ1) is 14.3. The van der Waals surface area contributed by atoms with Crippen molar-refractivity contribution in [1.82, 2.24) is 4.31 Å². The average Bonchev–Trinajstić information content (AvgIpc) is 2.73. The number of methoxy groups -OCH3 is 1. The van der Waals surface area contributed by atoms with Gasteiger partial charge in [-0.25, -0.2) is 8.42 Å². The summed E-state index contributed by atoms with van der Waals surface area (Å²) in [6.45, 7) is 3.25. The number of carbonyl (C=O) groups is 1. The summed E-state index contributed by atoms with van der Waals surface area (Å²) >= 11 is 3.46. The third kappa shape index (κ3) is 5.31. The third-order valence-electron chi connectivity index (χ3n) is 4.60. The van der Waals surface area contributed by atoms with Crippen LogP contribution in [0.3, 0.4) is 0 Å². The quantitative estimate of drug-likeness (QED) is 0.610. The summed E-state index contributed by atoms with van der Waals surface area (Å²) in [7, 11) is -2.36. The molecular formula is C20H24BrN3O5S. The van der Waals surface area contributed by atoms with Crippen molar-refractivity contribution in [3.05, 3.63) is 46.4 Å². The highest BCUT2D eigenvalue weighted by Crippen LogP contribution is 2.30. The Morgan fingerprint density at radius 1 is 1.20 bits per heavy atom. The Morgan fingerprint density at radius 2 is 1.93 bits per heavy atom. The first kappa shape index (κ1) is 22.5. The van der Waals surface area contributed by atoms with Crippen LogP contribution in [0.2, 0.25) is 0 Å². The number of carbonyl (C=O) groups excluding carboxylic acids is 1. The average molecular weight is 498 g/mol. The Kier molecular flexibility index (Phi) is 7.35. The molecule has 30 heavy (non-hydrogen) atoms. The number of hydrogen-bond donors (Lipinski definition) is 2. The summed E-state index contributed by atoms with van der Waals surface area (Å²) in [4.78, 5) is 12.4. The molecule has 1 saturated heterocycles. The van der Waals surface area contributed by atoms with Crippen molar-refractivity contribution in [2.24, 2.45) is 0 Å². The molecule has 1 amide bonds. The summed E-state index contributed by atoms with van der Waals surface area (Å²) in [5, 5.41) is 5.79. The van der Waals surface area contributed by atoms with Crippen LogP contribution in [0.25, 0.3) is 0 Å². The van der Waals surface area contributed by atoms with E-state index in [1.54, 1.807) is 6.07 Å². The molecule has 3 rings (SSSR count). The van der Waals surface area contributed by atoms with Gasteiger partial charge >= 0.3 is 0 Å². The van der Waals surface area contributed by atoms with Crippen LogP contribution >= 0.6 is 15.9 Å². The van der Waals surface area contributed by atoms with E-state index in [2.05, 4.69) is 26.6 Å². The van der Waals surface area contributed by atoms with Crippen molar-refractivity contribution in [3.63, 3.8) is 0 Å². The number of rotatable bonds is 7. The molecule has 8 nitrogen and oxygen atoms in total. The molecule has 1 fully saturated rings. The number of hydrogen-bond acceptors (Lipinski definition) is 6. The molecule has 1 aliphatic rings. The predicted molar refractivity (Wildman–Crippen MR) is 119 cm³/mol. The van der Waals surface area contributed by atoms with Crippen molar-refractivity contribution in [2.45, 2.75) is 11.8 Å². The van der Waals surface area contributed by atoms with Gasteiger partial charge in [0.05, 0.1) is 26.9 Å². The van der Waals surface area contributed by atoms with Gasteiger partial charge in [-0.1, -0.05) is 6.07 Å². The van der Waals surface area contributed by atoms with Crippen LogP contribution in [-0.2, 0) is 19.6 Å². The second-order valence-corrected chi connectivity index (χ2v) is 9.53. The molecule has 2 aromatic rings. The van der Waals surface area contributed by atoms with Crippen LogP contribution in [0, 0.1) is 6.92 Å². The van der Waals surface area contributed by atoms with Gasteiger partial charge in [0.15, 0.2) is 0 Å². The molecule has 10 heteroatoms. The molecular weight excluding hydrogens is 474 g/mol. The minimum Gasteiger partial charge on any atom is -0.495 e. The fourth-order valence-electron chi connectivity index (χ4n) is 3.03. The van der Waals surface area contributed by atoms with Gasteiger partial charge in [-0.3, -0.25) is 4.79 Å². The van der Waals surface area contributed by atoms with E-state index in [1.807, 2.05) is 25.1 Å². The van der Waals surface area contributed by atoms with E-state index in [1.165, 1.54) is 23.5 Å². The summed E-state index contributed by atoms with van der Waals surface area (Å²) < 4.78 is 38.8. The smallest absolute Gasteiger partial charge is 0.246 e. The number of aryl methyl sites for hydroxylation is 1. The predicted octanol–water partition coefficient (Wildman–Crippen LogP) is 2.84. The number of anilines is 2. The summed E-state index contributed by atoms with van der Waals surface area (Å²) in [5.41, 5.74) is 2.27. The normalized spacial score (nSPS) is 14.9. The number of benzene rings is 2. The van der Waals surface area contributed by atoms with Crippen LogP contribution in [0.15, 0.2) is 45.8 Å². The van der Waals surface area contributed by atoms with E-state index in [9.17, 15) is 13.2 Å². The number of sulfonamides is 1. The molecule has 2 aromatic carbocycles. The van der Waals surface area contributed by atoms with Crippen LogP contribution < -0.4 is 15.4 Å². The molecule has 0 aliphatic carbocycles. The third-order valence-corrected chi connectivity index (χ3v) is 7.18. The van der Waals surface area contributed by atoms with E-state index in [4.69, 9.17) is 9.47 Å². The minimum atomic E-state index is -3.77. The first-order valence-corrected chi connectivity index (χ1v) is 11.6. The Morgan fingerprint density at radius 3 is 2.60 bits per heavy atom. The lowest BCUT2D eigenvalue weighted by atomic mass is 10.2. The van der Waals surface area contributed by atoms with E-state index in [-0.39, 0.29) is 36.2 Å². The Labute approximate surface area is 184 Å². The highest BCUT2D eigenvalue weighted by Gasteiger charge is 2.29. The number of amides is 1. The zero-order chi connectivity index (χ0) is 21.7. The fourth-order valence-corrected chi connectivity index (χ4v) is 5.25. The van der Waals surface area contributed by atoms with Crippen LogP contribution in [0.5, 0.6) is 5.75 Å². The van der Waals surface area contributed by atoms with Crippen molar-refractivity contribution in [1.29, 1.82) is 0 Å². The van der Waals surface area contributed by atoms with Gasteiger partial charge in [0.25, 0.3) is 0 Å². The van der Waals surface area contributed by atoms with Gasteiger partial charge in [0.2, 0.25) is 15.9 Å². The lowest BCUT2D eigenvalue weighted by molar-refractivity contribution is -0.114. The molecule has 0 bridgehead atoms. The number of nitrogens with zero attached hydrogens (tertiary/aromatic N) is 1. The largest absolute Gasteiger partial charge is 0.495 e. The lowest BCUT2D eigenvalue weighted by Gasteiger charge is -2.26. The maximum absolute atomic E-state index is 13.0. The lowest BCUT2D eigenvalue weighted by Crippen LogP contribution is -2.40. The van der Waals surface area contributed by atoms with Crippen molar-refractivity contribution in [2.75, 3.05) is 50.6 Å². The second kappa shape index (κ2) is 9.78. The Bertz CT molecular complexity index is 1020. The molecule has 0 saturated carbocycles. The topological polar surface area (TPSA) is 97.0 Å². The number of nitrogens with one attached hydrogen (secondary N) is 2. The van der Waals surface area contributed by atoms with Gasteiger partial charge < -0.3 is 20.1 Å². The molecule has 0 atom stereocenters. The standard InChI is InChI=1S/C20H24BrN3O5S/c1-14-3-5-17(16(21)11-14)22-13-20(25)23-15-4-6-18(28-2)19(12-15)30(26,27)24-7-9-29-10-8-24/h3-6,11-12,22H,7-10,13H2,1-2H3,(H,23,25). The van der Waals surface area contributed by atoms with Gasteiger partial charge in [-0.15, -0.1) is 0 Å². The molecule has 0 aromatic heterocycles. The van der Waals surface area contributed by atoms with E-state index in [0.29, 0.717) is 18.9 Å². The zero-order valence-corrected chi connectivity index (χ0v) is 19.2. The molecule has 1 aliphatic heterocycles. The van der Waals surface area contributed by atoms with E-state index >= 15 is 0 Å². The summed E-state index contributed by atoms with van der Waals surface area (Å²) in [6.07, 6.45) is 0. The number of halogens is 1. The monoisotopic (exact) mass is 497 g/mol. The fraction of sp³-hybridized carbons (Fsp3) is 0.350. The molecule has 0 unspecified atom stereocenters. The number of morpholine rings is 1. The molecule has 162 valence electrons. The molecule has 1 heterocycles. The Hall–Kier alpha value is -2.14. The van der Waals surface area contributed by atoms with Gasteiger partial charge in [0.1, 0.15) is 10.6 Å². The van der Waals surface area contributed by atoms with Crippen LogP contribution in [-0.4, -0.2) is 58.6 Å². The van der Waals surface area contributed by atoms with Gasteiger partial charge in [-0.05, 0) is 58.7 Å². The zero-order valence-electron chi connectivity index (χ0n) is 16.8. The summed E-state index contributed by atoms with van der Waals surface area (Å²) in [6, 6.07) is 10.3. The number of ether oxygens (including phenoxy) is 2. The van der Waals surface area contributed by atoms with Crippen molar-refractivity contribution in [3.8, 4) is 5.75 Å². The maximum atomic E-state index is 13.0. The van der Waals surface area contributed by atoms with Gasteiger partial charge in [0, 0.05) is 28.9 Å². The van der Waals surface area contributed by atoms with Crippen LogP contribution in [0.1, 0.15) is 5.56 Å². The molecule has 0 radical (unpaired) electrons.